The van der Waals surface area contributed by atoms with Crippen LogP contribution in [-0.2, 0) is 14.3 Å². The third kappa shape index (κ3) is 7.52. The molecular weight excluding hydrogens is 231 g/mol. The molecule has 1 aromatic carbocycles. The van der Waals surface area contributed by atoms with E-state index in [4.69, 9.17) is 5.11 Å². The zero-order chi connectivity index (χ0) is 11.8. The average Bonchev–Trinajstić information content (AvgIpc) is 2.28. The maximum atomic E-state index is 10.9. The fourth-order valence-electron chi connectivity index (χ4n) is 0.922. The Hall–Kier alpha value is -1.36. The molecule has 84 valence electrons. The summed E-state index contributed by atoms with van der Waals surface area (Å²) in [6.07, 6.45) is 4.38. The predicted octanol–water partition coefficient (Wildman–Crippen LogP) is 1.19. The van der Waals surface area contributed by atoms with Gasteiger partial charge in [0.1, 0.15) is 0 Å². The number of carbonyl (C=O) groups is 2. The van der Waals surface area contributed by atoms with Gasteiger partial charge in [0.25, 0.3) is 0 Å². The van der Waals surface area contributed by atoms with Crippen molar-refractivity contribution >= 4 is 47.6 Å². The molecule has 5 heteroatoms. The van der Waals surface area contributed by atoms with Crippen molar-refractivity contribution in [3.63, 3.8) is 0 Å². The molecule has 1 N–H and O–H groups in total. The quantitative estimate of drug-likeness (QED) is 0.373. The summed E-state index contributed by atoms with van der Waals surface area (Å²) in [6, 6.07) is 9.27. The SMILES string of the molecule is O=C(O)/C=C\C(=O)OC=Cc1ccccc1.[NaH]. The second kappa shape index (κ2) is 8.75. The van der Waals surface area contributed by atoms with Crippen molar-refractivity contribution in [1.29, 1.82) is 0 Å². The number of esters is 1. The van der Waals surface area contributed by atoms with Gasteiger partial charge in [0.15, 0.2) is 0 Å². The van der Waals surface area contributed by atoms with Gasteiger partial charge in [-0.15, -0.1) is 0 Å². The summed E-state index contributed by atoms with van der Waals surface area (Å²) in [7, 11) is 0. The second-order valence-electron chi connectivity index (χ2n) is 2.82. The van der Waals surface area contributed by atoms with Crippen molar-refractivity contribution < 1.29 is 19.4 Å². The number of carboxylic acid groups (broad SMARTS) is 1. The normalized spacial score (nSPS) is 10.1. The first-order valence-electron chi connectivity index (χ1n) is 4.52. The van der Waals surface area contributed by atoms with Gasteiger partial charge in [0.2, 0.25) is 0 Å². The van der Waals surface area contributed by atoms with Crippen molar-refractivity contribution in [3.8, 4) is 0 Å². The Kier molecular flexibility index (Phi) is 8.05. The number of rotatable bonds is 4. The van der Waals surface area contributed by atoms with Gasteiger partial charge in [-0.2, -0.15) is 0 Å². The molecular formula is C12H11NaO4. The van der Waals surface area contributed by atoms with E-state index in [1.54, 1.807) is 6.08 Å². The summed E-state index contributed by atoms with van der Waals surface area (Å²) in [6.45, 7) is 0. The molecule has 1 rings (SSSR count). The summed E-state index contributed by atoms with van der Waals surface area (Å²) in [5.41, 5.74) is 0.887. The first kappa shape index (κ1) is 15.6. The summed E-state index contributed by atoms with van der Waals surface area (Å²) in [5, 5.41) is 8.25. The Balaban J connectivity index is 0.00000256. The molecule has 0 heterocycles. The molecule has 0 atom stereocenters. The number of hydrogen-bond acceptors (Lipinski definition) is 3. The topological polar surface area (TPSA) is 63.6 Å². The summed E-state index contributed by atoms with van der Waals surface area (Å²) in [4.78, 5) is 21.0. The Morgan fingerprint density at radius 1 is 1.12 bits per heavy atom. The fourth-order valence-corrected chi connectivity index (χ4v) is 0.922. The molecule has 0 radical (unpaired) electrons. The van der Waals surface area contributed by atoms with Crippen molar-refractivity contribution in [2.45, 2.75) is 0 Å². The van der Waals surface area contributed by atoms with E-state index in [2.05, 4.69) is 4.74 Å². The van der Waals surface area contributed by atoms with E-state index in [1.165, 1.54) is 6.26 Å². The van der Waals surface area contributed by atoms with Gasteiger partial charge >= 0.3 is 41.5 Å². The number of carbonyl (C=O) groups excluding carboxylic acids is 1. The second-order valence-corrected chi connectivity index (χ2v) is 2.82. The van der Waals surface area contributed by atoms with Crippen LogP contribution < -0.4 is 0 Å². The van der Waals surface area contributed by atoms with Crippen LogP contribution in [0.4, 0.5) is 0 Å². The van der Waals surface area contributed by atoms with E-state index in [-0.39, 0.29) is 29.6 Å². The third-order valence-corrected chi connectivity index (χ3v) is 1.61. The number of ether oxygens (including phenoxy) is 1. The maximum absolute atomic E-state index is 10.9. The molecule has 0 aliphatic heterocycles. The summed E-state index contributed by atoms with van der Waals surface area (Å²) >= 11 is 0. The zero-order valence-electron chi connectivity index (χ0n) is 8.37. The first-order valence-corrected chi connectivity index (χ1v) is 4.52. The monoisotopic (exact) mass is 242 g/mol. The molecule has 1 aromatic rings. The first-order chi connectivity index (χ1) is 7.68. The molecule has 4 nitrogen and oxygen atoms in total. The molecule has 0 saturated carbocycles. The van der Waals surface area contributed by atoms with Gasteiger partial charge in [0.05, 0.1) is 6.26 Å². The van der Waals surface area contributed by atoms with E-state index in [1.807, 2.05) is 30.3 Å². The van der Waals surface area contributed by atoms with Crippen LogP contribution in [0.5, 0.6) is 0 Å². The number of carboxylic acids is 1. The van der Waals surface area contributed by atoms with Gasteiger partial charge in [-0.1, -0.05) is 30.3 Å². The van der Waals surface area contributed by atoms with Crippen molar-refractivity contribution in [1.82, 2.24) is 0 Å². The minimum atomic E-state index is -1.19. The van der Waals surface area contributed by atoms with Crippen LogP contribution in [0, 0.1) is 0 Å². The summed E-state index contributed by atoms with van der Waals surface area (Å²) < 4.78 is 4.63. The Labute approximate surface area is 121 Å². The van der Waals surface area contributed by atoms with Gasteiger partial charge in [-0.25, -0.2) is 9.59 Å². The van der Waals surface area contributed by atoms with Crippen LogP contribution in [0.15, 0.2) is 48.7 Å². The molecule has 0 unspecified atom stereocenters. The molecule has 17 heavy (non-hydrogen) atoms. The molecule has 0 aliphatic rings. The van der Waals surface area contributed by atoms with Crippen LogP contribution >= 0.6 is 0 Å². The predicted molar refractivity (Wildman–Crippen MR) is 65.5 cm³/mol. The van der Waals surface area contributed by atoms with Crippen molar-refractivity contribution in [2.75, 3.05) is 0 Å². The number of aliphatic carboxylic acids is 1. The Bertz CT molecular complexity index is 423. The van der Waals surface area contributed by atoms with Crippen molar-refractivity contribution in [3.05, 3.63) is 54.3 Å². The Morgan fingerprint density at radius 2 is 1.76 bits per heavy atom. The van der Waals surface area contributed by atoms with Crippen LogP contribution in [0.3, 0.4) is 0 Å². The van der Waals surface area contributed by atoms with E-state index >= 15 is 0 Å². The molecule has 0 aromatic heterocycles. The van der Waals surface area contributed by atoms with Crippen LogP contribution in [0.1, 0.15) is 5.56 Å². The summed E-state index contributed by atoms with van der Waals surface area (Å²) in [5.74, 6) is -1.92. The van der Waals surface area contributed by atoms with E-state index < -0.39 is 11.9 Å². The van der Waals surface area contributed by atoms with Crippen LogP contribution in [0.2, 0.25) is 0 Å². The van der Waals surface area contributed by atoms with E-state index in [9.17, 15) is 9.59 Å². The van der Waals surface area contributed by atoms with E-state index in [0.29, 0.717) is 0 Å². The third-order valence-electron chi connectivity index (χ3n) is 1.61. The standard InChI is InChI=1S/C12H10O4.Na.H/c13-11(14)6-7-12(15)16-9-8-10-4-2-1-3-5-10;;/h1-9H,(H,13,14);;/b7-6-,9-8?;;. The molecule has 0 spiro atoms. The zero-order valence-corrected chi connectivity index (χ0v) is 8.37. The number of hydrogen-bond donors (Lipinski definition) is 1. The molecule has 0 saturated heterocycles. The molecule has 0 amide bonds. The van der Waals surface area contributed by atoms with Gasteiger partial charge < -0.3 is 9.84 Å². The van der Waals surface area contributed by atoms with Crippen LogP contribution in [-0.4, -0.2) is 46.6 Å². The molecule has 0 aliphatic carbocycles. The van der Waals surface area contributed by atoms with Gasteiger partial charge in [0, 0.05) is 12.2 Å². The molecule has 0 bridgehead atoms. The van der Waals surface area contributed by atoms with Crippen LogP contribution in [0.25, 0.3) is 6.08 Å². The number of benzene rings is 1. The van der Waals surface area contributed by atoms with Gasteiger partial charge in [-0.05, 0) is 11.6 Å². The average molecular weight is 242 g/mol. The minimum absolute atomic E-state index is 0. The van der Waals surface area contributed by atoms with E-state index in [0.717, 1.165) is 17.7 Å². The Morgan fingerprint density at radius 3 is 2.35 bits per heavy atom. The molecule has 0 fully saturated rings. The fraction of sp³-hybridized carbons (Fsp3) is 0. The van der Waals surface area contributed by atoms with Crippen molar-refractivity contribution in [2.24, 2.45) is 0 Å². The van der Waals surface area contributed by atoms with Gasteiger partial charge in [-0.3, -0.25) is 0 Å².